The molecular weight excluding hydrogens is 276 g/mol. The highest BCUT2D eigenvalue weighted by Crippen LogP contribution is 2.12. The third kappa shape index (κ3) is 3.22. The maximum atomic E-state index is 11.8. The van der Waals surface area contributed by atoms with Gasteiger partial charge in [-0.05, 0) is 12.1 Å². The Morgan fingerprint density at radius 1 is 1.00 bits per heavy atom. The van der Waals surface area contributed by atoms with Gasteiger partial charge in [0, 0.05) is 5.56 Å². The second-order valence-corrected chi connectivity index (χ2v) is 5.29. The molecule has 20 heavy (non-hydrogen) atoms. The number of oxime groups is 1. The van der Waals surface area contributed by atoms with Crippen LogP contribution in [0, 0.1) is 11.3 Å². The maximum Gasteiger partial charge on any atom is 0.358 e. The van der Waals surface area contributed by atoms with Gasteiger partial charge in [0.1, 0.15) is 11.0 Å². The van der Waals surface area contributed by atoms with Crippen LogP contribution in [0.5, 0.6) is 0 Å². The third-order valence-corrected chi connectivity index (χ3v) is 3.53. The molecular formula is C14H10N2O3S. The van der Waals surface area contributed by atoms with Gasteiger partial charge < -0.3 is 0 Å². The van der Waals surface area contributed by atoms with E-state index in [1.54, 1.807) is 54.6 Å². The van der Waals surface area contributed by atoms with Crippen molar-refractivity contribution in [3.63, 3.8) is 0 Å². The lowest BCUT2D eigenvalue weighted by atomic mass is 10.1. The van der Waals surface area contributed by atoms with Gasteiger partial charge in [-0.2, -0.15) is 13.7 Å². The van der Waals surface area contributed by atoms with Gasteiger partial charge in [-0.25, -0.2) is 0 Å². The van der Waals surface area contributed by atoms with Crippen LogP contribution < -0.4 is 0 Å². The third-order valence-electron chi connectivity index (χ3n) is 2.41. The molecule has 0 aliphatic rings. The molecule has 0 aliphatic heterocycles. The zero-order valence-electron chi connectivity index (χ0n) is 10.3. The summed E-state index contributed by atoms with van der Waals surface area (Å²) < 4.78 is 28.3. The Balaban J connectivity index is 2.26. The van der Waals surface area contributed by atoms with E-state index in [0.29, 0.717) is 5.56 Å². The molecule has 5 nitrogen and oxygen atoms in total. The van der Waals surface area contributed by atoms with Crippen molar-refractivity contribution in [1.29, 1.82) is 5.26 Å². The molecule has 0 unspecified atom stereocenters. The molecule has 0 N–H and O–H groups in total. The van der Waals surface area contributed by atoms with Gasteiger partial charge in [-0.15, -0.1) is 0 Å². The van der Waals surface area contributed by atoms with E-state index < -0.39 is 10.1 Å². The molecule has 0 saturated carbocycles. The Bertz CT molecular complexity index is 748. The fourth-order valence-corrected chi connectivity index (χ4v) is 2.20. The fraction of sp³-hybridized carbons (Fsp3) is 0. The van der Waals surface area contributed by atoms with Crippen LogP contribution in [-0.2, 0) is 14.4 Å². The van der Waals surface area contributed by atoms with Gasteiger partial charge in [-0.3, -0.25) is 4.28 Å². The van der Waals surface area contributed by atoms with Gasteiger partial charge in [0.15, 0.2) is 5.71 Å². The second-order valence-electron chi connectivity index (χ2n) is 3.76. The zero-order chi connectivity index (χ0) is 14.4. The van der Waals surface area contributed by atoms with E-state index in [1.807, 2.05) is 0 Å². The number of nitriles is 1. The lowest BCUT2D eigenvalue weighted by Gasteiger charge is -2.01. The quantitative estimate of drug-likeness (QED) is 0.638. The van der Waals surface area contributed by atoms with E-state index >= 15 is 0 Å². The van der Waals surface area contributed by atoms with Crippen molar-refractivity contribution in [1.82, 2.24) is 0 Å². The Kier molecular flexibility index (Phi) is 4.13. The molecule has 0 bridgehead atoms. The van der Waals surface area contributed by atoms with Crippen molar-refractivity contribution in [2.45, 2.75) is 4.90 Å². The fourth-order valence-electron chi connectivity index (χ4n) is 1.45. The molecule has 0 radical (unpaired) electrons. The summed E-state index contributed by atoms with van der Waals surface area (Å²) >= 11 is 0. The summed E-state index contributed by atoms with van der Waals surface area (Å²) in [4.78, 5) is -0.0194. The summed E-state index contributed by atoms with van der Waals surface area (Å²) in [5.74, 6) is 0. The van der Waals surface area contributed by atoms with E-state index in [0.717, 1.165) is 0 Å². The second kappa shape index (κ2) is 5.99. The van der Waals surface area contributed by atoms with Crippen LogP contribution in [0.15, 0.2) is 70.7 Å². The highest BCUT2D eigenvalue weighted by Gasteiger charge is 2.15. The van der Waals surface area contributed by atoms with Crippen LogP contribution in [0.3, 0.4) is 0 Å². The van der Waals surface area contributed by atoms with Crippen molar-refractivity contribution in [2.75, 3.05) is 0 Å². The molecule has 0 heterocycles. The smallest absolute Gasteiger partial charge is 0.263 e. The van der Waals surface area contributed by atoms with Crippen molar-refractivity contribution < 1.29 is 12.7 Å². The number of hydrogen-bond acceptors (Lipinski definition) is 5. The minimum Gasteiger partial charge on any atom is -0.263 e. The van der Waals surface area contributed by atoms with E-state index in [9.17, 15) is 8.42 Å². The number of hydrogen-bond donors (Lipinski definition) is 0. The van der Waals surface area contributed by atoms with Crippen molar-refractivity contribution in [2.24, 2.45) is 5.16 Å². The minimum atomic E-state index is -4.01. The molecule has 2 rings (SSSR count). The standard InChI is InChI=1S/C14H10N2O3S/c15-11-14(12-7-3-1-4-8-12)16-19-20(17,18)13-9-5-2-6-10-13/h1-10H. The Labute approximate surface area is 116 Å². The molecule has 100 valence electrons. The Morgan fingerprint density at radius 2 is 1.55 bits per heavy atom. The first-order chi connectivity index (χ1) is 9.63. The summed E-state index contributed by atoms with van der Waals surface area (Å²) in [6.45, 7) is 0. The first-order valence-corrected chi connectivity index (χ1v) is 7.06. The molecule has 0 fully saturated rings. The van der Waals surface area contributed by atoms with Crippen molar-refractivity contribution in [3.05, 3.63) is 66.2 Å². The topological polar surface area (TPSA) is 79.5 Å². The number of benzene rings is 2. The van der Waals surface area contributed by atoms with E-state index in [1.165, 1.54) is 12.1 Å². The summed E-state index contributed by atoms with van der Waals surface area (Å²) in [6, 6.07) is 17.9. The average molecular weight is 286 g/mol. The van der Waals surface area contributed by atoms with E-state index in [-0.39, 0.29) is 10.6 Å². The molecule has 0 amide bonds. The van der Waals surface area contributed by atoms with Gasteiger partial charge in [0.25, 0.3) is 0 Å². The molecule has 2 aromatic rings. The van der Waals surface area contributed by atoms with E-state index in [4.69, 9.17) is 5.26 Å². The summed E-state index contributed by atoms with van der Waals surface area (Å²) in [5, 5.41) is 12.4. The normalized spacial score (nSPS) is 11.7. The molecule has 0 aliphatic carbocycles. The predicted molar refractivity (Wildman–Crippen MR) is 73.3 cm³/mol. The minimum absolute atomic E-state index is 0.0194. The summed E-state index contributed by atoms with van der Waals surface area (Å²) in [7, 11) is -4.01. The number of rotatable bonds is 4. The molecule has 6 heteroatoms. The highest BCUT2D eigenvalue weighted by atomic mass is 32.2. The average Bonchev–Trinajstić information content (AvgIpc) is 2.50. The first kappa shape index (κ1) is 13.8. The SMILES string of the molecule is N#CC(=NOS(=O)(=O)c1ccccc1)c1ccccc1. The van der Waals surface area contributed by atoms with E-state index in [2.05, 4.69) is 9.44 Å². The monoisotopic (exact) mass is 286 g/mol. The van der Waals surface area contributed by atoms with Crippen molar-refractivity contribution in [3.8, 4) is 6.07 Å². The van der Waals surface area contributed by atoms with Crippen LogP contribution >= 0.6 is 0 Å². The van der Waals surface area contributed by atoms with Gasteiger partial charge in [0.05, 0.1) is 0 Å². The van der Waals surface area contributed by atoms with Gasteiger partial charge in [0.2, 0.25) is 0 Å². The summed E-state index contributed by atoms with van der Waals surface area (Å²) in [5.41, 5.74) is 0.378. The molecule has 2 aromatic carbocycles. The predicted octanol–water partition coefficient (Wildman–Crippen LogP) is 2.32. The van der Waals surface area contributed by atoms with Crippen LogP contribution in [0.2, 0.25) is 0 Å². The summed E-state index contributed by atoms with van der Waals surface area (Å²) in [6.07, 6.45) is 0. The van der Waals surface area contributed by atoms with Crippen LogP contribution in [0.1, 0.15) is 5.56 Å². The number of nitrogens with zero attached hydrogens (tertiary/aromatic N) is 2. The Hall–Kier alpha value is -2.65. The van der Waals surface area contributed by atoms with Crippen LogP contribution in [0.4, 0.5) is 0 Å². The van der Waals surface area contributed by atoms with Gasteiger partial charge >= 0.3 is 10.1 Å². The van der Waals surface area contributed by atoms with Crippen LogP contribution in [-0.4, -0.2) is 14.1 Å². The lowest BCUT2D eigenvalue weighted by molar-refractivity contribution is 0.339. The first-order valence-electron chi connectivity index (χ1n) is 5.66. The molecule has 0 aromatic heterocycles. The van der Waals surface area contributed by atoms with Crippen molar-refractivity contribution >= 4 is 15.8 Å². The largest absolute Gasteiger partial charge is 0.358 e. The molecule has 0 spiro atoms. The zero-order valence-corrected chi connectivity index (χ0v) is 11.1. The Morgan fingerprint density at radius 3 is 2.10 bits per heavy atom. The molecule has 0 atom stereocenters. The van der Waals surface area contributed by atoms with Gasteiger partial charge in [-0.1, -0.05) is 53.7 Å². The van der Waals surface area contributed by atoms with Crippen LogP contribution in [0.25, 0.3) is 0 Å². The highest BCUT2D eigenvalue weighted by molar-refractivity contribution is 7.86. The maximum absolute atomic E-state index is 11.8. The lowest BCUT2D eigenvalue weighted by Crippen LogP contribution is -2.05. The molecule has 0 saturated heterocycles.